The zero-order chi connectivity index (χ0) is 17.4. The van der Waals surface area contributed by atoms with Crippen molar-refractivity contribution in [1.82, 2.24) is 15.1 Å². The average molecular weight is 337 g/mol. The van der Waals surface area contributed by atoms with Crippen LogP contribution in [0.15, 0.2) is 24.3 Å². The summed E-state index contributed by atoms with van der Waals surface area (Å²) in [5, 5.41) is 2.93. The first-order valence-electron chi connectivity index (χ1n) is 8.69. The summed E-state index contributed by atoms with van der Waals surface area (Å²) in [6.07, 6.45) is 1.02. The van der Waals surface area contributed by atoms with Crippen molar-refractivity contribution in [3.05, 3.63) is 35.6 Å². The molecule has 0 saturated carbocycles. The summed E-state index contributed by atoms with van der Waals surface area (Å²) in [6.45, 7) is 9.15. The lowest BCUT2D eigenvalue weighted by Crippen LogP contribution is -2.52. The van der Waals surface area contributed by atoms with Crippen molar-refractivity contribution in [1.29, 1.82) is 0 Å². The number of hydrogen-bond donors (Lipinski definition) is 1. The van der Waals surface area contributed by atoms with Crippen LogP contribution in [0.25, 0.3) is 0 Å². The molecule has 1 aromatic carbocycles. The van der Waals surface area contributed by atoms with E-state index in [1.807, 2.05) is 24.0 Å². The number of carbonyl (C=O) groups excluding carboxylic acids is 1. The van der Waals surface area contributed by atoms with Crippen molar-refractivity contribution in [3.63, 3.8) is 0 Å². The first kappa shape index (κ1) is 18.7. The summed E-state index contributed by atoms with van der Waals surface area (Å²) < 4.78 is 18.5. The van der Waals surface area contributed by atoms with Gasteiger partial charge >= 0.3 is 6.03 Å². The molecule has 1 atom stereocenters. The molecule has 0 bridgehead atoms. The molecule has 0 spiro atoms. The lowest BCUT2D eigenvalue weighted by molar-refractivity contribution is 0.0654. The number of nitrogens with one attached hydrogen (secondary N) is 1. The van der Waals surface area contributed by atoms with E-state index in [1.54, 1.807) is 0 Å². The Morgan fingerprint density at radius 2 is 1.92 bits per heavy atom. The van der Waals surface area contributed by atoms with E-state index in [0.717, 1.165) is 38.2 Å². The van der Waals surface area contributed by atoms with Crippen LogP contribution in [0.2, 0.25) is 0 Å². The summed E-state index contributed by atoms with van der Waals surface area (Å²) in [7, 11) is 0. The number of piperazine rings is 1. The van der Waals surface area contributed by atoms with Crippen LogP contribution in [-0.2, 0) is 11.3 Å². The fourth-order valence-corrected chi connectivity index (χ4v) is 2.68. The van der Waals surface area contributed by atoms with Crippen LogP contribution < -0.4 is 5.32 Å². The van der Waals surface area contributed by atoms with Crippen molar-refractivity contribution in [2.24, 2.45) is 0 Å². The molecular weight excluding hydrogens is 309 g/mol. The Morgan fingerprint density at radius 1 is 1.25 bits per heavy atom. The Bertz CT molecular complexity index is 501. The quantitative estimate of drug-likeness (QED) is 0.831. The van der Waals surface area contributed by atoms with Crippen molar-refractivity contribution < 1.29 is 13.9 Å². The number of benzene rings is 1. The number of carbonyl (C=O) groups is 1. The van der Waals surface area contributed by atoms with Gasteiger partial charge in [-0.1, -0.05) is 19.1 Å². The van der Waals surface area contributed by atoms with Crippen LogP contribution in [0.5, 0.6) is 0 Å². The fraction of sp³-hybridized carbons (Fsp3) is 0.611. The summed E-state index contributed by atoms with van der Waals surface area (Å²) in [4.78, 5) is 16.3. The minimum Gasteiger partial charge on any atom is -0.377 e. The molecule has 1 heterocycles. The maximum absolute atomic E-state index is 12.9. The van der Waals surface area contributed by atoms with Gasteiger partial charge in [0.05, 0.1) is 6.10 Å². The van der Waals surface area contributed by atoms with Crippen LogP contribution in [0, 0.1) is 5.82 Å². The lowest BCUT2D eigenvalue weighted by atomic mass is 10.2. The van der Waals surface area contributed by atoms with Crippen molar-refractivity contribution >= 4 is 6.03 Å². The van der Waals surface area contributed by atoms with Gasteiger partial charge in [0.2, 0.25) is 0 Å². The molecule has 0 aromatic heterocycles. The highest BCUT2D eigenvalue weighted by Gasteiger charge is 2.21. The second-order valence-electron chi connectivity index (χ2n) is 6.26. The van der Waals surface area contributed by atoms with Crippen molar-refractivity contribution in [2.75, 3.05) is 39.3 Å². The van der Waals surface area contributed by atoms with E-state index in [2.05, 4.69) is 17.1 Å². The van der Waals surface area contributed by atoms with Crippen LogP contribution in [-0.4, -0.2) is 61.3 Å². The monoisotopic (exact) mass is 337 g/mol. The van der Waals surface area contributed by atoms with Crippen LogP contribution >= 0.6 is 0 Å². The third-order valence-electron chi connectivity index (χ3n) is 4.13. The highest BCUT2D eigenvalue weighted by molar-refractivity contribution is 5.74. The summed E-state index contributed by atoms with van der Waals surface area (Å²) >= 11 is 0. The van der Waals surface area contributed by atoms with Gasteiger partial charge in [-0.25, -0.2) is 9.18 Å². The zero-order valence-electron chi connectivity index (χ0n) is 14.6. The minimum atomic E-state index is -0.211. The molecule has 134 valence electrons. The van der Waals surface area contributed by atoms with Gasteiger partial charge in [0.15, 0.2) is 0 Å². The van der Waals surface area contributed by atoms with Crippen molar-refractivity contribution in [2.45, 2.75) is 32.9 Å². The second-order valence-corrected chi connectivity index (χ2v) is 6.26. The Labute approximate surface area is 143 Å². The molecule has 1 saturated heterocycles. The number of hydrogen-bond acceptors (Lipinski definition) is 3. The third-order valence-corrected chi connectivity index (χ3v) is 4.13. The average Bonchev–Trinajstić information content (AvgIpc) is 2.60. The van der Waals surface area contributed by atoms with E-state index < -0.39 is 0 Å². The molecule has 1 aliphatic heterocycles. The van der Waals surface area contributed by atoms with Gasteiger partial charge < -0.3 is 15.0 Å². The highest BCUT2D eigenvalue weighted by Crippen LogP contribution is 2.09. The normalized spacial score (nSPS) is 16.9. The van der Waals surface area contributed by atoms with Gasteiger partial charge in [0.1, 0.15) is 5.82 Å². The molecule has 0 aliphatic carbocycles. The summed E-state index contributed by atoms with van der Waals surface area (Å²) in [5.41, 5.74) is 1.09. The molecule has 1 aromatic rings. The summed E-state index contributed by atoms with van der Waals surface area (Å²) in [6, 6.07) is 6.57. The van der Waals surface area contributed by atoms with Gasteiger partial charge in [0, 0.05) is 45.9 Å². The van der Waals surface area contributed by atoms with Gasteiger partial charge in [-0.15, -0.1) is 0 Å². The van der Waals surface area contributed by atoms with Crippen LogP contribution in [0.1, 0.15) is 25.8 Å². The molecule has 0 unspecified atom stereocenters. The predicted molar refractivity (Wildman–Crippen MR) is 92.4 cm³/mol. The molecule has 2 rings (SSSR count). The first-order valence-corrected chi connectivity index (χ1v) is 8.69. The Hall–Kier alpha value is -1.66. The molecule has 5 nitrogen and oxygen atoms in total. The number of urea groups is 1. The first-order chi connectivity index (χ1) is 11.6. The maximum atomic E-state index is 12.9. The standard InChI is InChI=1S/C18H28FN3O2/c1-3-12-24-15(2)13-20-18(23)22-10-8-21(9-11-22)14-16-4-6-17(19)7-5-16/h4-7,15H,3,8-14H2,1-2H3,(H,20,23)/t15-/m0/s1. The SMILES string of the molecule is CCCO[C@@H](C)CNC(=O)N1CCN(Cc2ccc(F)cc2)CC1. The topological polar surface area (TPSA) is 44.8 Å². The third kappa shape index (κ3) is 6.09. The Balaban J connectivity index is 1.68. The van der Waals surface area contributed by atoms with E-state index >= 15 is 0 Å². The Morgan fingerprint density at radius 3 is 2.54 bits per heavy atom. The minimum absolute atomic E-state index is 0.0246. The molecule has 2 amide bonds. The van der Waals surface area contributed by atoms with Gasteiger partial charge in [0.25, 0.3) is 0 Å². The molecule has 1 N–H and O–H groups in total. The zero-order valence-corrected chi connectivity index (χ0v) is 14.6. The molecule has 24 heavy (non-hydrogen) atoms. The fourth-order valence-electron chi connectivity index (χ4n) is 2.68. The number of amides is 2. The van der Waals surface area contributed by atoms with E-state index in [-0.39, 0.29) is 18.0 Å². The number of rotatable bonds is 7. The van der Waals surface area contributed by atoms with Crippen molar-refractivity contribution in [3.8, 4) is 0 Å². The van der Waals surface area contributed by atoms with E-state index in [1.165, 1.54) is 12.1 Å². The lowest BCUT2D eigenvalue weighted by Gasteiger charge is -2.34. The molecule has 1 fully saturated rings. The van der Waals surface area contributed by atoms with Crippen LogP contribution in [0.4, 0.5) is 9.18 Å². The number of ether oxygens (including phenoxy) is 1. The number of halogens is 1. The largest absolute Gasteiger partial charge is 0.377 e. The van der Waals surface area contributed by atoms with E-state index in [0.29, 0.717) is 19.6 Å². The van der Waals surface area contributed by atoms with Gasteiger partial charge in [-0.3, -0.25) is 4.90 Å². The molecular formula is C18H28FN3O2. The molecule has 6 heteroatoms. The predicted octanol–water partition coefficient (Wildman–Crippen LogP) is 2.47. The van der Waals surface area contributed by atoms with Gasteiger partial charge in [-0.05, 0) is 31.0 Å². The smallest absolute Gasteiger partial charge is 0.317 e. The second kappa shape index (κ2) is 9.59. The Kier molecular flexibility index (Phi) is 7.46. The van der Waals surface area contributed by atoms with E-state index in [4.69, 9.17) is 4.74 Å². The van der Waals surface area contributed by atoms with Crippen LogP contribution in [0.3, 0.4) is 0 Å². The van der Waals surface area contributed by atoms with E-state index in [9.17, 15) is 9.18 Å². The number of nitrogens with zero attached hydrogens (tertiary/aromatic N) is 2. The summed E-state index contributed by atoms with van der Waals surface area (Å²) in [5.74, 6) is -0.211. The molecule has 1 aliphatic rings. The van der Waals surface area contributed by atoms with Gasteiger partial charge in [-0.2, -0.15) is 0 Å². The molecule has 0 radical (unpaired) electrons. The maximum Gasteiger partial charge on any atom is 0.317 e. The highest BCUT2D eigenvalue weighted by atomic mass is 19.1.